The van der Waals surface area contributed by atoms with Gasteiger partial charge in [-0.1, -0.05) is 0 Å². The van der Waals surface area contributed by atoms with Gasteiger partial charge in [-0.2, -0.15) is 0 Å². The van der Waals surface area contributed by atoms with Gasteiger partial charge in [0.1, 0.15) is 0 Å². The molecule has 5 nitrogen and oxygen atoms in total. The van der Waals surface area contributed by atoms with E-state index < -0.39 is 0 Å². The van der Waals surface area contributed by atoms with Crippen LogP contribution in [0.1, 0.15) is 36.4 Å². The molecular formula is C16H26N4OS. The zero-order valence-electron chi connectivity index (χ0n) is 13.3. The topological polar surface area (TPSA) is 57.3 Å². The van der Waals surface area contributed by atoms with Crippen molar-refractivity contribution in [3.05, 3.63) is 16.1 Å². The molecule has 22 heavy (non-hydrogen) atoms. The molecule has 2 aliphatic heterocycles. The van der Waals surface area contributed by atoms with Crippen molar-refractivity contribution in [2.45, 2.75) is 45.2 Å². The molecular weight excluding hydrogens is 296 g/mol. The number of piperidine rings is 2. The van der Waals surface area contributed by atoms with Gasteiger partial charge >= 0.3 is 0 Å². The summed E-state index contributed by atoms with van der Waals surface area (Å²) in [6, 6.07) is 0.331. The minimum atomic E-state index is 0.190. The maximum absolute atomic E-state index is 12.4. The molecule has 2 N–H and O–H groups in total. The Morgan fingerprint density at radius 1 is 1.45 bits per heavy atom. The van der Waals surface area contributed by atoms with Crippen LogP contribution in [0.5, 0.6) is 0 Å². The number of nitrogens with one attached hydrogen (secondary N) is 2. The molecule has 1 amide bonds. The molecule has 3 rings (SSSR count). The fourth-order valence-electron chi connectivity index (χ4n) is 3.36. The van der Waals surface area contributed by atoms with Gasteiger partial charge < -0.3 is 10.6 Å². The maximum atomic E-state index is 12.4. The molecule has 0 radical (unpaired) electrons. The summed E-state index contributed by atoms with van der Waals surface area (Å²) in [6.45, 7) is 6.97. The molecule has 2 saturated heterocycles. The van der Waals surface area contributed by atoms with E-state index in [4.69, 9.17) is 0 Å². The van der Waals surface area contributed by atoms with E-state index in [-0.39, 0.29) is 11.8 Å². The number of nitrogens with zero attached hydrogens (tertiary/aromatic N) is 2. The van der Waals surface area contributed by atoms with Gasteiger partial charge in [-0.15, -0.1) is 11.3 Å². The Hall–Kier alpha value is -0.980. The van der Waals surface area contributed by atoms with E-state index in [1.807, 2.05) is 6.92 Å². The van der Waals surface area contributed by atoms with Crippen molar-refractivity contribution in [2.75, 3.05) is 26.2 Å². The van der Waals surface area contributed by atoms with Crippen molar-refractivity contribution in [2.24, 2.45) is 5.92 Å². The maximum Gasteiger partial charge on any atom is 0.223 e. The van der Waals surface area contributed by atoms with Crippen LogP contribution in [0, 0.1) is 12.8 Å². The van der Waals surface area contributed by atoms with E-state index in [9.17, 15) is 4.79 Å². The highest BCUT2D eigenvalue weighted by Gasteiger charge is 2.27. The van der Waals surface area contributed by atoms with Crippen molar-refractivity contribution in [1.82, 2.24) is 20.5 Å². The summed E-state index contributed by atoms with van der Waals surface area (Å²) < 4.78 is 0. The van der Waals surface area contributed by atoms with Crippen molar-refractivity contribution in [3.63, 3.8) is 0 Å². The normalized spacial score (nSPS) is 24.3. The lowest BCUT2D eigenvalue weighted by Crippen LogP contribution is -2.49. The Bertz CT molecular complexity index is 490. The predicted octanol–water partition coefficient (Wildman–Crippen LogP) is 1.53. The van der Waals surface area contributed by atoms with Gasteiger partial charge in [-0.3, -0.25) is 9.69 Å². The molecule has 0 saturated carbocycles. The van der Waals surface area contributed by atoms with Crippen molar-refractivity contribution < 1.29 is 4.79 Å². The Balaban J connectivity index is 1.41. The highest BCUT2D eigenvalue weighted by molar-refractivity contribution is 7.09. The number of aryl methyl sites for hydroxylation is 1. The number of hydrogen-bond donors (Lipinski definition) is 2. The molecule has 1 aromatic heterocycles. The molecule has 0 bridgehead atoms. The van der Waals surface area contributed by atoms with Crippen LogP contribution >= 0.6 is 11.3 Å². The monoisotopic (exact) mass is 322 g/mol. The number of hydrogen-bond acceptors (Lipinski definition) is 5. The third-order valence-corrected chi connectivity index (χ3v) is 5.48. The van der Waals surface area contributed by atoms with Crippen LogP contribution in [0.15, 0.2) is 5.38 Å². The van der Waals surface area contributed by atoms with E-state index >= 15 is 0 Å². The van der Waals surface area contributed by atoms with Gasteiger partial charge in [0, 0.05) is 30.4 Å². The van der Waals surface area contributed by atoms with E-state index in [0.29, 0.717) is 6.04 Å². The second-order valence-electron chi connectivity index (χ2n) is 6.46. The lowest BCUT2D eigenvalue weighted by molar-refractivity contribution is -0.127. The molecule has 2 fully saturated rings. The number of amides is 1. The molecule has 1 unspecified atom stereocenters. The highest BCUT2D eigenvalue weighted by atomic mass is 32.1. The smallest absolute Gasteiger partial charge is 0.223 e. The summed E-state index contributed by atoms with van der Waals surface area (Å²) in [6.07, 6.45) is 4.21. The molecule has 6 heteroatoms. The van der Waals surface area contributed by atoms with Crippen LogP contribution in [0.2, 0.25) is 0 Å². The van der Waals surface area contributed by atoms with Crippen molar-refractivity contribution in [3.8, 4) is 0 Å². The first-order valence-electron chi connectivity index (χ1n) is 8.35. The first kappa shape index (κ1) is 15.9. The molecule has 0 aliphatic carbocycles. The Morgan fingerprint density at radius 2 is 2.27 bits per heavy atom. The summed E-state index contributed by atoms with van der Waals surface area (Å²) in [5.74, 6) is 0.452. The van der Waals surface area contributed by atoms with Crippen LogP contribution in [0.4, 0.5) is 0 Å². The van der Waals surface area contributed by atoms with Gasteiger partial charge in [0.05, 0.1) is 10.7 Å². The van der Waals surface area contributed by atoms with Crippen LogP contribution in [0.3, 0.4) is 0 Å². The summed E-state index contributed by atoms with van der Waals surface area (Å²) >= 11 is 1.71. The summed E-state index contributed by atoms with van der Waals surface area (Å²) in [5, 5.41) is 9.85. The minimum absolute atomic E-state index is 0.190. The second kappa shape index (κ2) is 7.53. The van der Waals surface area contributed by atoms with Gasteiger partial charge in [0.2, 0.25) is 5.91 Å². The summed E-state index contributed by atoms with van der Waals surface area (Å²) in [5.41, 5.74) is 1.17. The van der Waals surface area contributed by atoms with Crippen LogP contribution < -0.4 is 10.6 Å². The second-order valence-corrected chi connectivity index (χ2v) is 7.52. The Morgan fingerprint density at radius 3 is 2.91 bits per heavy atom. The molecule has 0 spiro atoms. The minimum Gasteiger partial charge on any atom is -0.352 e. The van der Waals surface area contributed by atoms with Crippen LogP contribution in [-0.4, -0.2) is 48.0 Å². The molecule has 1 atom stereocenters. The van der Waals surface area contributed by atoms with Gasteiger partial charge in [-0.25, -0.2) is 4.98 Å². The summed E-state index contributed by atoms with van der Waals surface area (Å²) in [7, 11) is 0. The first-order valence-corrected chi connectivity index (χ1v) is 9.23. The average Bonchev–Trinajstić information content (AvgIpc) is 2.94. The summed E-state index contributed by atoms with van der Waals surface area (Å²) in [4.78, 5) is 19.3. The first-order chi connectivity index (χ1) is 10.7. The lowest BCUT2D eigenvalue weighted by Gasteiger charge is -2.32. The van der Waals surface area contributed by atoms with Crippen molar-refractivity contribution >= 4 is 17.2 Å². The van der Waals surface area contributed by atoms with Crippen LogP contribution in [-0.2, 0) is 11.3 Å². The zero-order valence-corrected chi connectivity index (χ0v) is 14.1. The number of carbonyl (C=O) groups is 1. The molecule has 2 aliphatic rings. The predicted molar refractivity (Wildman–Crippen MR) is 88.9 cm³/mol. The van der Waals surface area contributed by atoms with E-state index in [0.717, 1.165) is 63.4 Å². The van der Waals surface area contributed by atoms with Crippen LogP contribution in [0.25, 0.3) is 0 Å². The number of aromatic nitrogens is 1. The number of likely N-dealkylation sites (tertiary alicyclic amines) is 1. The lowest BCUT2D eigenvalue weighted by atomic mass is 9.95. The van der Waals surface area contributed by atoms with Gasteiger partial charge in [0.15, 0.2) is 0 Å². The quantitative estimate of drug-likeness (QED) is 0.883. The van der Waals surface area contributed by atoms with Gasteiger partial charge in [-0.05, 0) is 52.2 Å². The van der Waals surface area contributed by atoms with Gasteiger partial charge in [0.25, 0.3) is 0 Å². The third-order valence-electron chi connectivity index (χ3n) is 4.65. The fourth-order valence-corrected chi connectivity index (χ4v) is 3.96. The fraction of sp³-hybridized carbons (Fsp3) is 0.750. The molecule has 122 valence electrons. The SMILES string of the molecule is Cc1nc(CN2CCC(C(=O)NC3CCCNC3)CC2)cs1. The van der Waals surface area contributed by atoms with E-state index in [1.54, 1.807) is 11.3 Å². The number of carbonyl (C=O) groups excluding carboxylic acids is 1. The number of rotatable bonds is 4. The highest BCUT2D eigenvalue weighted by Crippen LogP contribution is 2.20. The largest absolute Gasteiger partial charge is 0.352 e. The Labute approximate surface area is 136 Å². The average molecular weight is 322 g/mol. The van der Waals surface area contributed by atoms with Crippen molar-refractivity contribution in [1.29, 1.82) is 0 Å². The zero-order chi connectivity index (χ0) is 15.4. The Kier molecular flexibility index (Phi) is 5.44. The standard InChI is InChI=1S/C16H26N4OS/c1-12-18-15(11-22-12)10-20-7-4-13(5-8-20)16(21)19-14-3-2-6-17-9-14/h11,13-14,17H,2-10H2,1H3,(H,19,21). The number of thiazole rings is 1. The van der Waals surface area contributed by atoms with E-state index in [1.165, 1.54) is 5.69 Å². The molecule has 1 aromatic rings. The molecule has 3 heterocycles. The third kappa shape index (κ3) is 4.27. The molecule has 0 aromatic carbocycles. The van der Waals surface area contributed by atoms with E-state index in [2.05, 4.69) is 25.9 Å².